The number of aliphatic hydroxyl groups excluding tert-OH is 2. The molecule has 2 nitrogen and oxygen atoms in total. The summed E-state index contributed by atoms with van der Waals surface area (Å²) >= 11 is 0. The first-order chi connectivity index (χ1) is 3.86. The third-order valence-electron chi connectivity index (χ3n) is 1.85. The molecule has 1 rings (SSSR count). The summed E-state index contributed by atoms with van der Waals surface area (Å²) in [6.45, 7) is 0.604. The zero-order valence-electron chi connectivity index (χ0n) is 4.88. The summed E-state index contributed by atoms with van der Waals surface area (Å²) in [5, 5.41) is 17.0. The summed E-state index contributed by atoms with van der Waals surface area (Å²) in [5.41, 5.74) is 0. The summed E-state index contributed by atoms with van der Waals surface area (Å²) < 4.78 is 0. The Labute approximate surface area is 49.1 Å². The fourth-order valence-electron chi connectivity index (χ4n) is 1.17. The molecule has 0 spiro atoms. The quantitative estimate of drug-likeness (QED) is 0.533. The van der Waals surface area contributed by atoms with Crippen molar-refractivity contribution >= 4 is 0 Å². The van der Waals surface area contributed by atoms with E-state index in [2.05, 4.69) is 0 Å². The van der Waals surface area contributed by atoms with E-state index in [4.69, 9.17) is 10.2 Å². The van der Waals surface area contributed by atoms with E-state index in [0.717, 1.165) is 12.8 Å². The zero-order valence-corrected chi connectivity index (χ0v) is 4.88. The molecule has 0 unspecified atom stereocenters. The van der Waals surface area contributed by atoms with Crippen LogP contribution in [0.4, 0.5) is 0 Å². The summed E-state index contributed by atoms with van der Waals surface area (Å²) in [4.78, 5) is 0. The van der Waals surface area contributed by atoms with Crippen LogP contribution in [-0.2, 0) is 0 Å². The lowest BCUT2D eigenvalue weighted by Crippen LogP contribution is -2.28. The van der Waals surface area contributed by atoms with E-state index in [0.29, 0.717) is 25.0 Å². The van der Waals surface area contributed by atoms with Crippen molar-refractivity contribution in [2.75, 3.05) is 13.2 Å². The maximum absolute atomic E-state index is 8.52. The lowest BCUT2D eigenvalue weighted by Gasteiger charge is -2.32. The first-order valence-electron chi connectivity index (χ1n) is 3.08. The van der Waals surface area contributed by atoms with Gasteiger partial charge in [-0.05, 0) is 24.7 Å². The number of hydrogen-bond donors (Lipinski definition) is 2. The first kappa shape index (κ1) is 6.05. The summed E-state index contributed by atoms with van der Waals surface area (Å²) in [5.74, 6) is 0.985. The molecule has 0 aromatic heterocycles. The van der Waals surface area contributed by atoms with Crippen molar-refractivity contribution in [3.8, 4) is 0 Å². The third kappa shape index (κ3) is 1.01. The number of rotatable bonds is 2. The molecule has 0 aromatic carbocycles. The van der Waals surface area contributed by atoms with Gasteiger partial charge in [-0.1, -0.05) is 0 Å². The van der Waals surface area contributed by atoms with Crippen molar-refractivity contribution < 1.29 is 10.2 Å². The SMILES string of the molecule is OC[C@H]1C[C@H](CO)C1. The van der Waals surface area contributed by atoms with Crippen LogP contribution in [0.5, 0.6) is 0 Å². The molecule has 0 radical (unpaired) electrons. The van der Waals surface area contributed by atoms with Crippen molar-refractivity contribution in [1.82, 2.24) is 0 Å². The summed E-state index contributed by atoms with van der Waals surface area (Å²) in [6.07, 6.45) is 2.04. The van der Waals surface area contributed by atoms with Gasteiger partial charge in [0, 0.05) is 13.2 Å². The molecule has 2 heteroatoms. The molecular formula is C6H12O2. The van der Waals surface area contributed by atoms with Gasteiger partial charge in [0.2, 0.25) is 0 Å². The molecule has 0 heterocycles. The normalized spacial score (nSPS) is 36.8. The van der Waals surface area contributed by atoms with Gasteiger partial charge in [0.1, 0.15) is 0 Å². The molecular weight excluding hydrogens is 104 g/mol. The molecule has 8 heavy (non-hydrogen) atoms. The van der Waals surface area contributed by atoms with Crippen LogP contribution in [0.2, 0.25) is 0 Å². The highest BCUT2D eigenvalue weighted by molar-refractivity contribution is 4.77. The van der Waals surface area contributed by atoms with Crippen molar-refractivity contribution in [3.05, 3.63) is 0 Å². The van der Waals surface area contributed by atoms with Crippen LogP contribution in [0.15, 0.2) is 0 Å². The molecule has 0 saturated heterocycles. The fraction of sp³-hybridized carbons (Fsp3) is 1.00. The number of hydrogen-bond acceptors (Lipinski definition) is 2. The van der Waals surface area contributed by atoms with Gasteiger partial charge in [-0.15, -0.1) is 0 Å². The third-order valence-corrected chi connectivity index (χ3v) is 1.85. The van der Waals surface area contributed by atoms with Crippen LogP contribution in [0.1, 0.15) is 12.8 Å². The van der Waals surface area contributed by atoms with Gasteiger partial charge < -0.3 is 10.2 Å². The molecule has 1 aliphatic rings. The standard InChI is InChI=1S/C6H12O2/c7-3-5-1-6(2-5)4-8/h5-8H,1-4H2/t5-,6-. The zero-order chi connectivity index (χ0) is 5.98. The minimum absolute atomic E-state index is 0.302. The van der Waals surface area contributed by atoms with E-state index in [9.17, 15) is 0 Å². The van der Waals surface area contributed by atoms with Crippen LogP contribution in [0.25, 0.3) is 0 Å². The largest absolute Gasteiger partial charge is 0.396 e. The Kier molecular flexibility index (Phi) is 1.86. The van der Waals surface area contributed by atoms with Crippen LogP contribution in [0.3, 0.4) is 0 Å². The highest BCUT2D eigenvalue weighted by Gasteiger charge is 2.26. The maximum atomic E-state index is 8.52. The molecule has 1 aliphatic carbocycles. The second kappa shape index (κ2) is 2.46. The van der Waals surface area contributed by atoms with E-state index in [1.165, 1.54) is 0 Å². The van der Waals surface area contributed by atoms with Gasteiger partial charge in [0.05, 0.1) is 0 Å². The predicted octanol–water partition coefficient (Wildman–Crippen LogP) is -0.00280. The molecule has 0 amide bonds. The van der Waals surface area contributed by atoms with Crippen molar-refractivity contribution in [2.24, 2.45) is 11.8 Å². The summed E-state index contributed by atoms with van der Waals surface area (Å²) in [7, 11) is 0. The molecule has 0 bridgehead atoms. The van der Waals surface area contributed by atoms with Crippen LogP contribution < -0.4 is 0 Å². The molecule has 0 aliphatic heterocycles. The first-order valence-corrected chi connectivity index (χ1v) is 3.08. The fourth-order valence-corrected chi connectivity index (χ4v) is 1.17. The minimum atomic E-state index is 0.302. The van der Waals surface area contributed by atoms with Crippen LogP contribution in [0, 0.1) is 11.8 Å². The second-order valence-electron chi connectivity index (χ2n) is 2.57. The lowest BCUT2D eigenvalue weighted by atomic mass is 9.76. The highest BCUT2D eigenvalue weighted by atomic mass is 16.3. The Hall–Kier alpha value is -0.0800. The minimum Gasteiger partial charge on any atom is -0.396 e. The van der Waals surface area contributed by atoms with E-state index in [-0.39, 0.29) is 0 Å². The average Bonchev–Trinajstić information content (AvgIpc) is 1.65. The van der Waals surface area contributed by atoms with Gasteiger partial charge in [0.15, 0.2) is 0 Å². The average molecular weight is 116 g/mol. The smallest absolute Gasteiger partial charge is 0.0459 e. The predicted molar refractivity (Wildman–Crippen MR) is 30.4 cm³/mol. The Morgan fingerprint density at radius 2 is 1.38 bits per heavy atom. The molecule has 0 atom stereocenters. The van der Waals surface area contributed by atoms with Crippen LogP contribution in [-0.4, -0.2) is 23.4 Å². The van der Waals surface area contributed by atoms with E-state index >= 15 is 0 Å². The van der Waals surface area contributed by atoms with Gasteiger partial charge in [-0.2, -0.15) is 0 Å². The Balaban J connectivity index is 2.03. The van der Waals surface area contributed by atoms with Crippen LogP contribution >= 0.6 is 0 Å². The monoisotopic (exact) mass is 116 g/mol. The van der Waals surface area contributed by atoms with Gasteiger partial charge in [-0.3, -0.25) is 0 Å². The van der Waals surface area contributed by atoms with Crippen molar-refractivity contribution in [3.63, 3.8) is 0 Å². The van der Waals surface area contributed by atoms with E-state index in [1.807, 2.05) is 0 Å². The van der Waals surface area contributed by atoms with Gasteiger partial charge in [-0.25, -0.2) is 0 Å². The Bertz CT molecular complexity index is 58.9. The van der Waals surface area contributed by atoms with Gasteiger partial charge >= 0.3 is 0 Å². The van der Waals surface area contributed by atoms with Gasteiger partial charge in [0.25, 0.3) is 0 Å². The number of aliphatic hydroxyl groups is 2. The maximum Gasteiger partial charge on any atom is 0.0459 e. The van der Waals surface area contributed by atoms with E-state index < -0.39 is 0 Å². The second-order valence-corrected chi connectivity index (χ2v) is 2.57. The lowest BCUT2D eigenvalue weighted by molar-refractivity contribution is 0.0653. The Morgan fingerprint density at radius 3 is 1.62 bits per heavy atom. The topological polar surface area (TPSA) is 40.5 Å². The highest BCUT2D eigenvalue weighted by Crippen LogP contribution is 2.32. The molecule has 1 saturated carbocycles. The van der Waals surface area contributed by atoms with Crippen molar-refractivity contribution in [2.45, 2.75) is 12.8 Å². The Morgan fingerprint density at radius 1 is 1.00 bits per heavy atom. The van der Waals surface area contributed by atoms with Crippen molar-refractivity contribution in [1.29, 1.82) is 0 Å². The molecule has 2 N–H and O–H groups in total. The molecule has 48 valence electrons. The summed E-state index contributed by atoms with van der Waals surface area (Å²) in [6, 6.07) is 0. The molecule has 1 fully saturated rings. The molecule has 0 aromatic rings. The van der Waals surface area contributed by atoms with E-state index in [1.54, 1.807) is 0 Å².